The van der Waals surface area contributed by atoms with Gasteiger partial charge >= 0.3 is 0 Å². The van der Waals surface area contributed by atoms with Crippen molar-refractivity contribution in [1.29, 1.82) is 0 Å². The second kappa shape index (κ2) is 7.56. The molecule has 1 aliphatic heterocycles. The van der Waals surface area contributed by atoms with Crippen molar-refractivity contribution in [3.63, 3.8) is 0 Å². The zero-order chi connectivity index (χ0) is 17.8. The van der Waals surface area contributed by atoms with Crippen molar-refractivity contribution in [1.82, 2.24) is 19.9 Å². The van der Waals surface area contributed by atoms with Gasteiger partial charge in [0.1, 0.15) is 5.82 Å². The Bertz CT molecular complexity index is 848. The minimum atomic E-state index is 0.360. The summed E-state index contributed by atoms with van der Waals surface area (Å²) >= 11 is 0. The lowest BCUT2D eigenvalue weighted by molar-refractivity contribution is 0.325. The number of benzene rings is 1. The van der Waals surface area contributed by atoms with Gasteiger partial charge in [0, 0.05) is 19.0 Å². The normalized spacial score (nSPS) is 17.3. The SMILES string of the molecule is CCOc1cncc(N2CCCC(c3ncc(-c4ccccc4)[nH]3)C2)n1. The molecule has 2 aromatic heterocycles. The van der Waals surface area contributed by atoms with Gasteiger partial charge in [0.15, 0.2) is 5.82 Å². The molecular formula is C20H23N5O. The minimum absolute atomic E-state index is 0.360. The van der Waals surface area contributed by atoms with Crippen LogP contribution in [0.5, 0.6) is 5.88 Å². The smallest absolute Gasteiger partial charge is 0.234 e. The Labute approximate surface area is 153 Å². The molecule has 134 valence electrons. The van der Waals surface area contributed by atoms with Crippen molar-refractivity contribution in [2.24, 2.45) is 0 Å². The molecule has 0 radical (unpaired) electrons. The second-order valence-electron chi connectivity index (χ2n) is 6.48. The summed E-state index contributed by atoms with van der Waals surface area (Å²) in [5, 5.41) is 0. The number of hydrogen-bond donors (Lipinski definition) is 1. The molecule has 0 spiro atoms. The Morgan fingerprint density at radius 2 is 2.08 bits per heavy atom. The van der Waals surface area contributed by atoms with Crippen LogP contribution < -0.4 is 9.64 Å². The molecule has 0 saturated carbocycles. The van der Waals surface area contributed by atoms with Crippen molar-refractivity contribution < 1.29 is 4.74 Å². The van der Waals surface area contributed by atoms with E-state index in [1.165, 1.54) is 0 Å². The van der Waals surface area contributed by atoms with Crippen LogP contribution in [-0.4, -0.2) is 39.6 Å². The van der Waals surface area contributed by atoms with E-state index in [2.05, 4.69) is 37.0 Å². The molecule has 1 N–H and O–H groups in total. The Balaban J connectivity index is 1.50. The van der Waals surface area contributed by atoms with Gasteiger partial charge in [-0.25, -0.2) is 4.98 Å². The van der Waals surface area contributed by atoms with Crippen molar-refractivity contribution in [3.8, 4) is 17.1 Å². The third kappa shape index (κ3) is 3.54. The molecule has 6 nitrogen and oxygen atoms in total. The molecule has 0 bridgehead atoms. The van der Waals surface area contributed by atoms with Crippen molar-refractivity contribution >= 4 is 5.82 Å². The minimum Gasteiger partial charge on any atom is -0.477 e. The van der Waals surface area contributed by atoms with Crippen LogP contribution in [0, 0.1) is 0 Å². The molecule has 1 saturated heterocycles. The van der Waals surface area contributed by atoms with Crippen LogP contribution in [0.15, 0.2) is 48.9 Å². The van der Waals surface area contributed by atoms with Gasteiger partial charge in [0.05, 0.1) is 30.9 Å². The first-order valence-electron chi connectivity index (χ1n) is 9.13. The first kappa shape index (κ1) is 16.6. The lowest BCUT2D eigenvalue weighted by atomic mass is 9.97. The number of anilines is 1. The third-order valence-electron chi connectivity index (χ3n) is 4.70. The number of nitrogens with zero attached hydrogens (tertiary/aromatic N) is 4. The fourth-order valence-corrected chi connectivity index (χ4v) is 3.43. The van der Waals surface area contributed by atoms with Crippen LogP contribution in [0.2, 0.25) is 0 Å². The fraction of sp³-hybridized carbons (Fsp3) is 0.350. The highest BCUT2D eigenvalue weighted by Crippen LogP contribution is 2.29. The highest BCUT2D eigenvalue weighted by Gasteiger charge is 2.25. The molecule has 3 heterocycles. The number of H-pyrrole nitrogens is 1. The molecule has 4 rings (SSSR count). The predicted octanol–water partition coefficient (Wildman–Crippen LogP) is 3.65. The third-order valence-corrected chi connectivity index (χ3v) is 4.70. The number of aromatic amines is 1. The van der Waals surface area contributed by atoms with E-state index < -0.39 is 0 Å². The molecule has 1 aliphatic rings. The van der Waals surface area contributed by atoms with Crippen molar-refractivity contribution in [3.05, 3.63) is 54.7 Å². The number of imidazole rings is 1. The molecule has 0 amide bonds. The number of aromatic nitrogens is 4. The average molecular weight is 349 g/mol. The highest BCUT2D eigenvalue weighted by atomic mass is 16.5. The lowest BCUT2D eigenvalue weighted by Gasteiger charge is -2.32. The number of rotatable bonds is 5. The number of ether oxygens (including phenoxy) is 1. The second-order valence-corrected chi connectivity index (χ2v) is 6.48. The Kier molecular flexibility index (Phi) is 4.82. The van der Waals surface area contributed by atoms with Crippen LogP contribution in [0.3, 0.4) is 0 Å². The van der Waals surface area contributed by atoms with Gasteiger partial charge in [-0.15, -0.1) is 0 Å². The van der Waals surface area contributed by atoms with Gasteiger partial charge < -0.3 is 14.6 Å². The molecule has 1 atom stereocenters. The number of hydrogen-bond acceptors (Lipinski definition) is 5. The topological polar surface area (TPSA) is 66.9 Å². The zero-order valence-electron chi connectivity index (χ0n) is 14.9. The number of piperidine rings is 1. The maximum absolute atomic E-state index is 5.48. The zero-order valence-corrected chi connectivity index (χ0v) is 14.9. The van der Waals surface area contributed by atoms with Gasteiger partial charge in [-0.05, 0) is 25.3 Å². The van der Waals surface area contributed by atoms with Gasteiger partial charge in [0.25, 0.3) is 0 Å². The van der Waals surface area contributed by atoms with Gasteiger partial charge in [-0.3, -0.25) is 4.98 Å². The Morgan fingerprint density at radius 3 is 2.92 bits per heavy atom. The summed E-state index contributed by atoms with van der Waals surface area (Å²) in [7, 11) is 0. The molecule has 0 aliphatic carbocycles. The fourth-order valence-electron chi connectivity index (χ4n) is 3.43. The summed E-state index contributed by atoms with van der Waals surface area (Å²) in [6, 6.07) is 10.3. The van der Waals surface area contributed by atoms with E-state index in [0.29, 0.717) is 18.4 Å². The summed E-state index contributed by atoms with van der Waals surface area (Å²) in [6.07, 6.45) is 7.62. The molecular weight excluding hydrogens is 326 g/mol. The number of nitrogens with one attached hydrogen (secondary N) is 1. The predicted molar refractivity (Wildman–Crippen MR) is 101 cm³/mol. The first-order chi connectivity index (χ1) is 12.8. The molecule has 26 heavy (non-hydrogen) atoms. The van der Waals surface area contributed by atoms with E-state index >= 15 is 0 Å². The molecule has 3 aromatic rings. The first-order valence-corrected chi connectivity index (χ1v) is 9.13. The van der Waals surface area contributed by atoms with E-state index in [1.807, 2.05) is 37.5 Å². The van der Waals surface area contributed by atoms with Gasteiger partial charge in [0.2, 0.25) is 5.88 Å². The van der Waals surface area contributed by atoms with Crippen LogP contribution in [0.25, 0.3) is 11.3 Å². The van der Waals surface area contributed by atoms with Gasteiger partial charge in [-0.1, -0.05) is 30.3 Å². The highest BCUT2D eigenvalue weighted by molar-refractivity contribution is 5.58. The van der Waals surface area contributed by atoms with Crippen LogP contribution in [0.1, 0.15) is 31.5 Å². The van der Waals surface area contributed by atoms with E-state index in [4.69, 9.17) is 4.74 Å². The summed E-state index contributed by atoms with van der Waals surface area (Å²) < 4.78 is 5.48. The quantitative estimate of drug-likeness (QED) is 0.761. The monoisotopic (exact) mass is 349 g/mol. The lowest BCUT2D eigenvalue weighted by Crippen LogP contribution is -2.35. The van der Waals surface area contributed by atoms with Crippen molar-refractivity contribution in [2.75, 3.05) is 24.6 Å². The molecule has 1 fully saturated rings. The molecule has 6 heteroatoms. The van der Waals surface area contributed by atoms with E-state index in [9.17, 15) is 0 Å². The van der Waals surface area contributed by atoms with Crippen molar-refractivity contribution in [2.45, 2.75) is 25.7 Å². The Morgan fingerprint density at radius 1 is 1.19 bits per heavy atom. The maximum atomic E-state index is 5.48. The van der Waals surface area contributed by atoms with E-state index in [1.54, 1.807) is 6.20 Å². The molecule has 1 unspecified atom stereocenters. The van der Waals surface area contributed by atoms with Gasteiger partial charge in [-0.2, -0.15) is 4.98 Å². The standard InChI is InChI=1S/C20H23N5O/c1-2-26-19-13-21-12-18(24-19)25-10-6-9-16(14-25)20-22-11-17(23-20)15-7-4-3-5-8-15/h3-5,7-8,11-13,16H,2,6,9-10,14H2,1H3,(H,22,23). The summed E-state index contributed by atoms with van der Waals surface area (Å²) in [4.78, 5) is 19.3. The molecule has 1 aromatic carbocycles. The van der Waals surface area contributed by atoms with Crippen LogP contribution in [0.4, 0.5) is 5.82 Å². The largest absolute Gasteiger partial charge is 0.477 e. The van der Waals surface area contributed by atoms with E-state index in [0.717, 1.165) is 48.8 Å². The van der Waals surface area contributed by atoms with Crippen LogP contribution >= 0.6 is 0 Å². The van der Waals surface area contributed by atoms with Crippen LogP contribution in [-0.2, 0) is 0 Å². The Hall–Kier alpha value is -2.89. The average Bonchev–Trinajstić information content (AvgIpc) is 3.20. The van der Waals surface area contributed by atoms with E-state index in [-0.39, 0.29) is 0 Å². The summed E-state index contributed by atoms with van der Waals surface area (Å²) in [6.45, 7) is 4.40. The summed E-state index contributed by atoms with van der Waals surface area (Å²) in [5.41, 5.74) is 2.23. The summed E-state index contributed by atoms with van der Waals surface area (Å²) in [5.74, 6) is 2.85. The maximum Gasteiger partial charge on any atom is 0.234 e.